The van der Waals surface area contributed by atoms with Gasteiger partial charge in [0.15, 0.2) is 0 Å². The number of hydrogen-bond acceptors (Lipinski definition) is 1. The molecule has 1 N–H and O–H groups in total. The van der Waals surface area contributed by atoms with Crippen molar-refractivity contribution in [3.63, 3.8) is 0 Å². The first-order valence-corrected chi connectivity index (χ1v) is 5.69. The lowest BCUT2D eigenvalue weighted by molar-refractivity contribution is -0.122. The van der Waals surface area contributed by atoms with Gasteiger partial charge in [-0.3, -0.25) is 4.79 Å². The van der Waals surface area contributed by atoms with Crippen molar-refractivity contribution >= 4 is 5.91 Å². The number of carbonyl (C=O) groups is 1. The zero-order valence-corrected chi connectivity index (χ0v) is 9.42. The first kappa shape index (κ1) is 11.1. The molecule has 0 heterocycles. The van der Waals surface area contributed by atoms with Crippen molar-refractivity contribution in [2.24, 2.45) is 5.92 Å². The maximum Gasteiger partial charge on any atom is 0.223 e. The molecule has 1 saturated carbocycles. The smallest absolute Gasteiger partial charge is 0.223 e. The summed E-state index contributed by atoms with van der Waals surface area (Å²) in [4.78, 5) is 11.3. The first-order chi connectivity index (χ1) is 7.66. The van der Waals surface area contributed by atoms with Crippen LogP contribution in [0.25, 0.3) is 0 Å². The van der Waals surface area contributed by atoms with Gasteiger partial charge in [-0.2, -0.15) is 0 Å². The van der Waals surface area contributed by atoms with Gasteiger partial charge in [-0.05, 0) is 43.4 Å². The molecule has 0 aliphatic heterocycles. The summed E-state index contributed by atoms with van der Waals surface area (Å²) in [6.07, 6.45) is 2.82. The molecule has 2 rings (SSSR count). The minimum Gasteiger partial charge on any atom is -0.356 e. The molecule has 1 aromatic carbocycles. The zero-order valence-electron chi connectivity index (χ0n) is 9.42. The van der Waals surface area contributed by atoms with Crippen LogP contribution in [-0.2, 0) is 11.2 Å². The second-order valence-electron chi connectivity index (χ2n) is 4.40. The van der Waals surface area contributed by atoms with E-state index in [-0.39, 0.29) is 17.6 Å². The summed E-state index contributed by atoms with van der Waals surface area (Å²) in [5.74, 6) is 0.250. The van der Waals surface area contributed by atoms with E-state index in [2.05, 4.69) is 5.32 Å². The van der Waals surface area contributed by atoms with Crippen molar-refractivity contribution in [3.8, 4) is 0 Å². The summed E-state index contributed by atoms with van der Waals surface area (Å²) in [6.45, 7) is 2.39. The van der Waals surface area contributed by atoms with E-state index in [4.69, 9.17) is 0 Å². The average molecular weight is 221 g/mol. The Hall–Kier alpha value is -1.38. The van der Waals surface area contributed by atoms with Crippen molar-refractivity contribution in [2.75, 3.05) is 6.54 Å². The lowest BCUT2D eigenvalue weighted by atomic mass is 10.1. The van der Waals surface area contributed by atoms with Gasteiger partial charge >= 0.3 is 0 Å². The topological polar surface area (TPSA) is 29.1 Å². The van der Waals surface area contributed by atoms with Crippen LogP contribution in [0.1, 0.15) is 24.0 Å². The Morgan fingerprint density at radius 3 is 2.88 bits per heavy atom. The van der Waals surface area contributed by atoms with E-state index < -0.39 is 0 Å². The largest absolute Gasteiger partial charge is 0.356 e. The Labute approximate surface area is 94.9 Å². The van der Waals surface area contributed by atoms with Gasteiger partial charge in [-0.25, -0.2) is 4.39 Å². The maximum atomic E-state index is 13.0. The molecular weight excluding hydrogens is 205 g/mol. The van der Waals surface area contributed by atoms with E-state index in [1.165, 1.54) is 6.07 Å². The van der Waals surface area contributed by atoms with Gasteiger partial charge in [0.1, 0.15) is 5.82 Å². The van der Waals surface area contributed by atoms with Gasteiger partial charge in [-0.15, -0.1) is 0 Å². The summed E-state index contributed by atoms with van der Waals surface area (Å²) in [5.41, 5.74) is 1.72. The van der Waals surface area contributed by atoms with Gasteiger partial charge in [0.2, 0.25) is 5.91 Å². The molecule has 1 fully saturated rings. The number of aryl methyl sites for hydroxylation is 1. The Morgan fingerprint density at radius 1 is 1.50 bits per heavy atom. The van der Waals surface area contributed by atoms with E-state index in [9.17, 15) is 9.18 Å². The fourth-order valence-corrected chi connectivity index (χ4v) is 1.68. The van der Waals surface area contributed by atoms with Crippen molar-refractivity contribution < 1.29 is 9.18 Å². The molecule has 1 amide bonds. The molecule has 16 heavy (non-hydrogen) atoms. The van der Waals surface area contributed by atoms with Crippen LogP contribution in [-0.4, -0.2) is 12.5 Å². The number of hydrogen-bond donors (Lipinski definition) is 1. The molecule has 0 radical (unpaired) electrons. The lowest BCUT2D eigenvalue weighted by Gasteiger charge is -2.05. The quantitative estimate of drug-likeness (QED) is 0.829. The molecule has 3 heteroatoms. The number of amides is 1. The summed E-state index contributed by atoms with van der Waals surface area (Å²) in [7, 11) is 0. The Balaban J connectivity index is 1.80. The van der Waals surface area contributed by atoms with Crippen molar-refractivity contribution in [1.82, 2.24) is 5.32 Å². The van der Waals surface area contributed by atoms with Crippen LogP contribution in [0.15, 0.2) is 18.2 Å². The third-order valence-corrected chi connectivity index (χ3v) is 2.88. The molecule has 1 aliphatic carbocycles. The van der Waals surface area contributed by atoms with E-state index in [0.717, 1.165) is 24.8 Å². The molecule has 0 saturated heterocycles. The molecule has 2 nitrogen and oxygen atoms in total. The molecule has 0 spiro atoms. The van der Waals surface area contributed by atoms with Crippen molar-refractivity contribution in [3.05, 3.63) is 35.1 Å². The Morgan fingerprint density at radius 2 is 2.25 bits per heavy atom. The minimum absolute atomic E-state index is 0.166. The third kappa shape index (κ3) is 2.81. The van der Waals surface area contributed by atoms with E-state index in [1.807, 2.05) is 6.07 Å². The van der Waals surface area contributed by atoms with Crippen LogP contribution in [0.4, 0.5) is 4.39 Å². The molecule has 0 aromatic heterocycles. The minimum atomic E-state index is -0.175. The number of benzene rings is 1. The number of carbonyl (C=O) groups excluding carboxylic acids is 1. The molecule has 0 unspecified atom stereocenters. The monoisotopic (exact) mass is 221 g/mol. The SMILES string of the molecule is Cc1cc(CCNC(=O)C2CC2)ccc1F. The predicted octanol–water partition coefficient (Wildman–Crippen LogP) is 2.20. The Bertz CT molecular complexity index is 399. The van der Waals surface area contributed by atoms with Gasteiger partial charge < -0.3 is 5.32 Å². The molecule has 86 valence electrons. The fourth-order valence-electron chi connectivity index (χ4n) is 1.68. The highest BCUT2D eigenvalue weighted by Crippen LogP contribution is 2.28. The van der Waals surface area contributed by atoms with Crippen LogP contribution in [0.3, 0.4) is 0 Å². The van der Waals surface area contributed by atoms with Crippen LogP contribution in [0.2, 0.25) is 0 Å². The summed E-state index contributed by atoms with van der Waals surface area (Å²) in [5, 5.41) is 2.89. The van der Waals surface area contributed by atoms with E-state index >= 15 is 0 Å². The van der Waals surface area contributed by atoms with Crippen molar-refractivity contribution in [2.45, 2.75) is 26.2 Å². The number of halogens is 1. The van der Waals surface area contributed by atoms with Gasteiger partial charge in [0, 0.05) is 12.5 Å². The number of nitrogens with one attached hydrogen (secondary N) is 1. The van der Waals surface area contributed by atoms with Crippen LogP contribution < -0.4 is 5.32 Å². The van der Waals surface area contributed by atoms with Crippen LogP contribution >= 0.6 is 0 Å². The molecular formula is C13H16FNO. The fraction of sp³-hybridized carbons (Fsp3) is 0.462. The Kier molecular flexibility index (Phi) is 3.22. The summed E-state index contributed by atoms with van der Waals surface area (Å²) >= 11 is 0. The zero-order chi connectivity index (χ0) is 11.5. The van der Waals surface area contributed by atoms with E-state index in [1.54, 1.807) is 13.0 Å². The normalized spacial score (nSPS) is 14.9. The van der Waals surface area contributed by atoms with Gasteiger partial charge in [0.05, 0.1) is 0 Å². The standard InChI is InChI=1S/C13H16FNO/c1-9-8-10(2-5-12(9)14)6-7-15-13(16)11-3-4-11/h2,5,8,11H,3-4,6-7H2,1H3,(H,15,16). The van der Waals surface area contributed by atoms with Crippen LogP contribution in [0.5, 0.6) is 0 Å². The molecule has 0 bridgehead atoms. The molecule has 1 aromatic rings. The third-order valence-electron chi connectivity index (χ3n) is 2.88. The van der Waals surface area contributed by atoms with Gasteiger partial charge in [-0.1, -0.05) is 12.1 Å². The second kappa shape index (κ2) is 4.64. The highest BCUT2D eigenvalue weighted by atomic mass is 19.1. The molecule has 0 atom stereocenters. The van der Waals surface area contributed by atoms with E-state index in [0.29, 0.717) is 12.1 Å². The lowest BCUT2D eigenvalue weighted by Crippen LogP contribution is -2.26. The average Bonchev–Trinajstić information content (AvgIpc) is 3.07. The maximum absolute atomic E-state index is 13.0. The highest BCUT2D eigenvalue weighted by Gasteiger charge is 2.28. The van der Waals surface area contributed by atoms with Crippen molar-refractivity contribution in [1.29, 1.82) is 0 Å². The summed E-state index contributed by atoms with van der Waals surface area (Å²) in [6, 6.07) is 5.08. The second-order valence-corrected chi connectivity index (χ2v) is 4.40. The molecule has 1 aliphatic rings. The first-order valence-electron chi connectivity index (χ1n) is 5.69. The highest BCUT2D eigenvalue weighted by molar-refractivity contribution is 5.80. The number of rotatable bonds is 4. The summed E-state index contributed by atoms with van der Waals surface area (Å²) < 4.78 is 13.0. The van der Waals surface area contributed by atoms with Gasteiger partial charge in [0.25, 0.3) is 0 Å². The van der Waals surface area contributed by atoms with Crippen LogP contribution in [0, 0.1) is 18.7 Å². The predicted molar refractivity (Wildman–Crippen MR) is 60.6 cm³/mol.